The molecule has 0 unspecified atom stereocenters. The molecule has 0 fully saturated rings. The van der Waals surface area contributed by atoms with E-state index in [0.29, 0.717) is 13.2 Å². The number of benzene rings is 1. The molecule has 0 radical (unpaired) electrons. The van der Waals surface area contributed by atoms with Gasteiger partial charge in [-0.1, -0.05) is 0 Å². The van der Waals surface area contributed by atoms with Gasteiger partial charge in [-0.3, -0.25) is 0 Å². The van der Waals surface area contributed by atoms with Crippen LogP contribution in [-0.2, 0) is 0 Å². The van der Waals surface area contributed by atoms with E-state index in [9.17, 15) is 0 Å². The van der Waals surface area contributed by atoms with E-state index in [2.05, 4.69) is 19.1 Å². The van der Waals surface area contributed by atoms with Crippen molar-refractivity contribution in [3.05, 3.63) is 29.1 Å². The van der Waals surface area contributed by atoms with Gasteiger partial charge in [-0.2, -0.15) is 0 Å². The summed E-state index contributed by atoms with van der Waals surface area (Å²) in [5.74, 6) is 1.55. The molecule has 0 saturated heterocycles. The molecule has 0 bridgehead atoms. The monoisotopic (exact) mass is 261 g/mol. The fourth-order valence-electron chi connectivity index (χ4n) is 2.02. The molecule has 0 saturated carbocycles. The second-order valence-corrected chi connectivity index (χ2v) is 5.63. The topological polar surface area (TPSA) is 44.5 Å². The van der Waals surface area contributed by atoms with E-state index in [1.165, 1.54) is 9.75 Å². The number of nitrogen functional groups attached to an aromatic ring is 1. The Kier molecular flexibility index (Phi) is 2.88. The van der Waals surface area contributed by atoms with Gasteiger partial charge in [0.2, 0.25) is 0 Å². The van der Waals surface area contributed by atoms with Crippen LogP contribution in [0, 0.1) is 6.92 Å². The summed E-state index contributed by atoms with van der Waals surface area (Å²) in [4.78, 5) is 2.44. The van der Waals surface area contributed by atoms with Crippen LogP contribution in [0.3, 0.4) is 0 Å². The van der Waals surface area contributed by atoms with Crippen LogP contribution in [0.25, 0.3) is 10.4 Å². The molecule has 0 spiro atoms. The third-order valence-corrected chi connectivity index (χ3v) is 3.96. The van der Waals surface area contributed by atoms with Crippen LogP contribution in [0.15, 0.2) is 24.3 Å². The number of anilines is 1. The van der Waals surface area contributed by atoms with Gasteiger partial charge in [0.15, 0.2) is 11.5 Å². The molecule has 1 aliphatic heterocycles. The first-order valence-corrected chi connectivity index (χ1v) is 6.81. The highest BCUT2D eigenvalue weighted by molar-refractivity contribution is 7.15. The first-order chi connectivity index (χ1) is 8.74. The summed E-state index contributed by atoms with van der Waals surface area (Å²) in [5, 5.41) is 0. The van der Waals surface area contributed by atoms with Gasteiger partial charge in [0.05, 0.1) is 13.2 Å². The molecule has 3 rings (SSSR count). The summed E-state index contributed by atoms with van der Waals surface area (Å²) < 4.78 is 11.3. The number of fused-ring (bicyclic) bond motifs is 1. The molecule has 0 amide bonds. The normalized spacial score (nSPS) is 14.3. The summed E-state index contributed by atoms with van der Waals surface area (Å²) in [5.41, 5.74) is 7.87. The van der Waals surface area contributed by atoms with E-state index in [-0.39, 0.29) is 0 Å². The van der Waals surface area contributed by atoms with Gasteiger partial charge >= 0.3 is 0 Å². The lowest BCUT2D eigenvalue weighted by atomic mass is 10.1. The van der Waals surface area contributed by atoms with E-state index in [0.717, 1.165) is 29.2 Å². The van der Waals surface area contributed by atoms with Gasteiger partial charge in [0.1, 0.15) is 0 Å². The minimum absolute atomic E-state index is 0.684. The molecule has 2 heterocycles. The van der Waals surface area contributed by atoms with Crippen molar-refractivity contribution in [2.75, 3.05) is 18.9 Å². The number of hydrogen-bond acceptors (Lipinski definition) is 4. The standard InChI is InChI=1S/C14H15NO2S/c1-9-3-4-14(18-9)10-7-12-13(8-11(10)15)17-6-2-5-16-12/h3-4,7-8H,2,5-6,15H2,1H3. The van der Waals surface area contributed by atoms with Gasteiger partial charge in [0.25, 0.3) is 0 Å². The average Bonchev–Trinajstić information content (AvgIpc) is 2.65. The Morgan fingerprint density at radius 3 is 2.50 bits per heavy atom. The van der Waals surface area contributed by atoms with E-state index in [1.54, 1.807) is 11.3 Å². The number of hydrogen-bond donors (Lipinski definition) is 1. The number of thiophene rings is 1. The quantitative estimate of drug-likeness (QED) is 0.799. The lowest BCUT2D eigenvalue weighted by molar-refractivity contribution is 0.297. The van der Waals surface area contributed by atoms with Crippen molar-refractivity contribution in [2.45, 2.75) is 13.3 Å². The van der Waals surface area contributed by atoms with E-state index >= 15 is 0 Å². The van der Waals surface area contributed by atoms with Crippen LogP contribution in [0.2, 0.25) is 0 Å². The zero-order valence-electron chi connectivity index (χ0n) is 10.2. The van der Waals surface area contributed by atoms with Crippen LogP contribution in [-0.4, -0.2) is 13.2 Å². The molecule has 2 N–H and O–H groups in total. The van der Waals surface area contributed by atoms with Crippen molar-refractivity contribution >= 4 is 17.0 Å². The molecule has 0 atom stereocenters. The number of ether oxygens (including phenoxy) is 2. The van der Waals surface area contributed by atoms with Crippen molar-refractivity contribution in [3.8, 4) is 21.9 Å². The molecular weight excluding hydrogens is 246 g/mol. The van der Waals surface area contributed by atoms with Crippen molar-refractivity contribution in [1.82, 2.24) is 0 Å². The lowest BCUT2D eigenvalue weighted by Crippen LogP contribution is -1.97. The maximum absolute atomic E-state index is 6.11. The Bertz CT molecular complexity index is 577. The molecule has 1 aliphatic rings. The fraction of sp³-hybridized carbons (Fsp3) is 0.286. The molecule has 0 aliphatic carbocycles. The minimum atomic E-state index is 0.684. The van der Waals surface area contributed by atoms with E-state index < -0.39 is 0 Å². The molecule has 1 aromatic carbocycles. The summed E-state index contributed by atoms with van der Waals surface area (Å²) in [6.07, 6.45) is 0.905. The fourth-order valence-corrected chi connectivity index (χ4v) is 2.92. The van der Waals surface area contributed by atoms with Crippen molar-refractivity contribution in [3.63, 3.8) is 0 Å². The van der Waals surface area contributed by atoms with Gasteiger partial charge in [-0.25, -0.2) is 0 Å². The van der Waals surface area contributed by atoms with Crippen LogP contribution in [0.4, 0.5) is 5.69 Å². The minimum Gasteiger partial charge on any atom is -0.490 e. The summed E-state index contributed by atoms with van der Waals surface area (Å²) in [6.45, 7) is 3.47. The van der Waals surface area contributed by atoms with Gasteiger partial charge < -0.3 is 15.2 Å². The zero-order valence-corrected chi connectivity index (χ0v) is 11.0. The molecule has 1 aromatic heterocycles. The SMILES string of the molecule is Cc1ccc(-c2cc3c(cc2N)OCCCO3)s1. The second kappa shape index (κ2) is 4.53. The molecule has 4 heteroatoms. The Balaban J connectivity index is 2.08. The predicted octanol–water partition coefficient (Wildman–Crippen LogP) is 3.47. The van der Waals surface area contributed by atoms with Crippen LogP contribution in [0.1, 0.15) is 11.3 Å². The van der Waals surface area contributed by atoms with Crippen molar-refractivity contribution in [2.24, 2.45) is 0 Å². The first kappa shape index (κ1) is 11.4. The number of aryl methyl sites for hydroxylation is 1. The Morgan fingerprint density at radius 2 is 1.83 bits per heavy atom. The third-order valence-electron chi connectivity index (χ3n) is 2.93. The summed E-state index contributed by atoms with van der Waals surface area (Å²) in [7, 11) is 0. The number of rotatable bonds is 1. The maximum atomic E-state index is 6.11. The molecule has 18 heavy (non-hydrogen) atoms. The smallest absolute Gasteiger partial charge is 0.163 e. The Hall–Kier alpha value is -1.68. The van der Waals surface area contributed by atoms with Gasteiger partial charge in [-0.15, -0.1) is 11.3 Å². The Morgan fingerprint density at radius 1 is 1.11 bits per heavy atom. The largest absolute Gasteiger partial charge is 0.490 e. The zero-order chi connectivity index (χ0) is 12.5. The van der Waals surface area contributed by atoms with E-state index in [4.69, 9.17) is 15.2 Å². The second-order valence-electron chi connectivity index (χ2n) is 4.35. The van der Waals surface area contributed by atoms with Crippen molar-refractivity contribution < 1.29 is 9.47 Å². The summed E-state index contributed by atoms with van der Waals surface area (Å²) >= 11 is 1.73. The Labute approximate surface area is 110 Å². The maximum Gasteiger partial charge on any atom is 0.163 e. The third kappa shape index (κ3) is 2.04. The highest BCUT2D eigenvalue weighted by atomic mass is 32.1. The predicted molar refractivity (Wildman–Crippen MR) is 74.5 cm³/mol. The average molecular weight is 261 g/mol. The van der Waals surface area contributed by atoms with Gasteiger partial charge in [0, 0.05) is 33.5 Å². The lowest BCUT2D eigenvalue weighted by Gasteiger charge is -2.11. The number of nitrogens with two attached hydrogens (primary N) is 1. The van der Waals surface area contributed by atoms with Crippen LogP contribution < -0.4 is 15.2 Å². The van der Waals surface area contributed by atoms with Crippen LogP contribution in [0.5, 0.6) is 11.5 Å². The molecule has 94 valence electrons. The van der Waals surface area contributed by atoms with E-state index in [1.807, 2.05) is 12.1 Å². The molecule has 2 aromatic rings. The van der Waals surface area contributed by atoms with Crippen LogP contribution >= 0.6 is 11.3 Å². The highest BCUT2D eigenvalue weighted by Gasteiger charge is 2.15. The van der Waals surface area contributed by atoms with Gasteiger partial charge in [-0.05, 0) is 25.1 Å². The van der Waals surface area contributed by atoms with Crippen molar-refractivity contribution in [1.29, 1.82) is 0 Å². The first-order valence-electron chi connectivity index (χ1n) is 6.00. The highest BCUT2D eigenvalue weighted by Crippen LogP contribution is 2.40. The summed E-state index contributed by atoms with van der Waals surface area (Å²) in [6, 6.07) is 8.05. The molecular formula is C14H15NO2S. The molecule has 3 nitrogen and oxygen atoms in total.